The van der Waals surface area contributed by atoms with Crippen LogP contribution in [-0.4, -0.2) is 10.9 Å². The van der Waals surface area contributed by atoms with Crippen LogP contribution in [0, 0.1) is 5.82 Å². The first kappa shape index (κ1) is 12.9. The minimum absolute atomic E-state index is 0.345. The standard InChI is InChI=1S/C16H11ClFNO/c17-14-5-4-12(15(18)8-14)9-19-7-6-11-2-1-3-13(10-20)16(11)19/h1-8,10H,9H2. The Balaban J connectivity index is 2.09. The maximum atomic E-state index is 13.9. The van der Waals surface area contributed by atoms with Gasteiger partial charge < -0.3 is 4.57 Å². The van der Waals surface area contributed by atoms with E-state index in [-0.39, 0.29) is 5.82 Å². The summed E-state index contributed by atoms with van der Waals surface area (Å²) in [4.78, 5) is 11.1. The number of halogens is 2. The van der Waals surface area contributed by atoms with Gasteiger partial charge in [-0.05, 0) is 24.3 Å². The third kappa shape index (κ3) is 2.21. The first-order chi connectivity index (χ1) is 9.69. The maximum absolute atomic E-state index is 13.9. The van der Waals surface area contributed by atoms with Crippen molar-refractivity contribution in [1.29, 1.82) is 0 Å². The van der Waals surface area contributed by atoms with Crippen LogP contribution in [0.4, 0.5) is 4.39 Å². The topological polar surface area (TPSA) is 22.0 Å². The minimum atomic E-state index is -0.345. The summed E-state index contributed by atoms with van der Waals surface area (Å²) in [7, 11) is 0. The van der Waals surface area contributed by atoms with E-state index < -0.39 is 0 Å². The molecule has 20 heavy (non-hydrogen) atoms. The molecule has 0 aliphatic carbocycles. The molecule has 0 atom stereocenters. The average Bonchev–Trinajstić information content (AvgIpc) is 2.85. The van der Waals surface area contributed by atoms with Gasteiger partial charge in [0, 0.05) is 27.7 Å². The van der Waals surface area contributed by atoms with E-state index in [0.29, 0.717) is 22.7 Å². The van der Waals surface area contributed by atoms with Gasteiger partial charge in [-0.2, -0.15) is 0 Å². The summed E-state index contributed by atoms with van der Waals surface area (Å²) < 4.78 is 15.7. The lowest BCUT2D eigenvalue weighted by Gasteiger charge is -2.08. The normalized spacial score (nSPS) is 10.9. The molecule has 0 N–H and O–H groups in total. The van der Waals surface area contributed by atoms with Crippen LogP contribution in [0.5, 0.6) is 0 Å². The van der Waals surface area contributed by atoms with Crippen LogP contribution in [0.15, 0.2) is 48.7 Å². The van der Waals surface area contributed by atoms with Gasteiger partial charge in [0.2, 0.25) is 0 Å². The summed E-state index contributed by atoms with van der Waals surface area (Å²) >= 11 is 5.75. The Morgan fingerprint density at radius 3 is 2.80 bits per heavy atom. The lowest BCUT2D eigenvalue weighted by molar-refractivity contribution is 0.112. The van der Waals surface area contributed by atoms with Crippen LogP contribution in [0.3, 0.4) is 0 Å². The van der Waals surface area contributed by atoms with Crippen LogP contribution in [0.2, 0.25) is 5.02 Å². The second-order valence-electron chi connectivity index (χ2n) is 4.58. The first-order valence-corrected chi connectivity index (χ1v) is 6.54. The number of aldehydes is 1. The molecule has 2 aromatic carbocycles. The molecule has 3 aromatic rings. The lowest BCUT2D eigenvalue weighted by atomic mass is 10.1. The molecule has 0 aliphatic heterocycles. The zero-order valence-corrected chi connectivity index (χ0v) is 11.3. The van der Waals surface area contributed by atoms with Crippen molar-refractivity contribution in [3.8, 4) is 0 Å². The lowest BCUT2D eigenvalue weighted by Crippen LogP contribution is -2.02. The van der Waals surface area contributed by atoms with Crippen molar-refractivity contribution in [2.45, 2.75) is 6.54 Å². The summed E-state index contributed by atoms with van der Waals surface area (Å²) in [6, 6.07) is 12.0. The second kappa shape index (κ2) is 5.10. The summed E-state index contributed by atoms with van der Waals surface area (Å²) in [5.41, 5.74) is 1.95. The molecule has 0 bridgehead atoms. The van der Waals surface area contributed by atoms with Crippen LogP contribution < -0.4 is 0 Å². The fourth-order valence-electron chi connectivity index (χ4n) is 2.35. The molecule has 0 amide bonds. The van der Waals surface area contributed by atoms with E-state index in [9.17, 15) is 9.18 Å². The molecule has 0 radical (unpaired) electrons. The fraction of sp³-hybridized carbons (Fsp3) is 0.0625. The van der Waals surface area contributed by atoms with Crippen molar-refractivity contribution < 1.29 is 9.18 Å². The number of para-hydroxylation sites is 1. The van der Waals surface area contributed by atoms with Crippen LogP contribution in [0.1, 0.15) is 15.9 Å². The van der Waals surface area contributed by atoms with Gasteiger partial charge in [0.25, 0.3) is 0 Å². The molecule has 100 valence electrons. The quantitative estimate of drug-likeness (QED) is 0.659. The van der Waals surface area contributed by atoms with Gasteiger partial charge in [0.05, 0.1) is 12.1 Å². The Morgan fingerprint density at radius 1 is 1.20 bits per heavy atom. The number of carbonyl (C=O) groups is 1. The van der Waals surface area contributed by atoms with Crippen molar-refractivity contribution in [2.75, 3.05) is 0 Å². The zero-order valence-electron chi connectivity index (χ0n) is 10.5. The predicted octanol–water partition coefficient (Wildman–Crippen LogP) is 4.29. The second-order valence-corrected chi connectivity index (χ2v) is 5.02. The molecule has 0 spiro atoms. The molecule has 0 fully saturated rings. The van der Waals surface area contributed by atoms with Crippen molar-refractivity contribution in [1.82, 2.24) is 4.57 Å². The van der Waals surface area contributed by atoms with Crippen LogP contribution in [0.25, 0.3) is 10.9 Å². The molecule has 4 heteroatoms. The Hall–Kier alpha value is -2.13. The number of fused-ring (bicyclic) bond motifs is 1. The van der Waals surface area contributed by atoms with E-state index >= 15 is 0 Å². The first-order valence-electron chi connectivity index (χ1n) is 6.16. The van der Waals surface area contributed by atoms with Gasteiger partial charge in [-0.1, -0.05) is 29.8 Å². The number of hydrogen-bond acceptors (Lipinski definition) is 1. The van der Waals surface area contributed by atoms with Gasteiger partial charge >= 0.3 is 0 Å². The van der Waals surface area contributed by atoms with E-state index in [1.165, 1.54) is 6.07 Å². The third-order valence-corrected chi connectivity index (χ3v) is 3.54. The molecular formula is C16H11ClFNO. The highest BCUT2D eigenvalue weighted by molar-refractivity contribution is 6.30. The van der Waals surface area contributed by atoms with Crippen molar-refractivity contribution >= 4 is 28.8 Å². The van der Waals surface area contributed by atoms with Crippen molar-refractivity contribution in [3.63, 3.8) is 0 Å². The molecular weight excluding hydrogens is 277 g/mol. The van der Waals surface area contributed by atoms with Gasteiger partial charge in [-0.25, -0.2) is 4.39 Å². The van der Waals surface area contributed by atoms with Gasteiger partial charge in [-0.3, -0.25) is 4.79 Å². The van der Waals surface area contributed by atoms with Gasteiger partial charge in [0.1, 0.15) is 5.82 Å². The van der Waals surface area contributed by atoms with E-state index in [4.69, 9.17) is 11.6 Å². The number of nitrogens with zero attached hydrogens (tertiary/aromatic N) is 1. The largest absolute Gasteiger partial charge is 0.342 e. The smallest absolute Gasteiger partial charge is 0.152 e. The molecule has 0 aliphatic rings. The molecule has 0 saturated carbocycles. The van der Waals surface area contributed by atoms with Crippen LogP contribution >= 0.6 is 11.6 Å². The Kier molecular flexibility index (Phi) is 3.28. The molecule has 0 unspecified atom stereocenters. The fourth-order valence-corrected chi connectivity index (χ4v) is 2.51. The van der Waals surface area contributed by atoms with Gasteiger partial charge in [0.15, 0.2) is 6.29 Å². The Labute approximate surface area is 120 Å². The van der Waals surface area contributed by atoms with E-state index in [1.807, 2.05) is 29.0 Å². The maximum Gasteiger partial charge on any atom is 0.152 e. The Bertz CT molecular complexity index is 794. The van der Waals surface area contributed by atoms with Crippen LogP contribution in [-0.2, 0) is 6.54 Å². The summed E-state index contributed by atoms with van der Waals surface area (Å²) in [5, 5.41) is 1.33. The average molecular weight is 288 g/mol. The molecule has 3 rings (SSSR count). The summed E-state index contributed by atoms with van der Waals surface area (Å²) in [6.07, 6.45) is 2.67. The minimum Gasteiger partial charge on any atom is -0.342 e. The number of hydrogen-bond donors (Lipinski definition) is 0. The third-order valence-electron chi connectivity index (χ3n) is 3.30. The predicted molar refractivity (Wildman–Crippen MR) is 77.8 cm³/mol. The van der Waals surface area contributed by atoms with Gasteiger partial charge in [-0.15, -0.1) is 0 Å². The highest BCUT2D eigenvalue weighted by Crippen LogP contribution is 2.22. The van der Waals surface area contributed by atoms with Crippen molar-refractivity contribution in [2.24, 2.45) is 0 Å². The molecule has 1 heterocycles. The number of aromatic nitrogens is 1. The van der Waals surface area contributed by atoms with Crippen molar-refractivity contribution in [3.05, 3.63) is 70.6 Å². The summed E-state index contributed by atoms with van der Waals surface area (Å²) in [6.45, 7) is 0.358. The van der Waals surface area contributed by atoms with E-state index in [2.05, 4.69) is 0 Å². The molecule has 2 nitrogen and oxygen atoms in total. The number of rotatable bonds is 3. The SMILES string of the molecule is O=Cc1cccc2ccn(Cc3ccc(Cl)cc3F)c12. The Morgan fingerprint density at radius 2 is 2.05 bits per heavy atom. The zero-order chi connectivity index (χ0) is 14.1. The van der Waals surface area contributed by atoms with E-state index in [1.54, 1.807) is 18.2 Å². The highest BCUT2D eigenvalue weighted by Gasteiger charge is 2.09. The highest BCUT2D eigenvalue weighted by atomic mass is 35.5. The number of benzene rings is 2. The monoisotopic (exact) mass is 287 g/mol. The molecule has 1 aromatic heterocycles. The molecule has 0 saturated heterocycles. The van der Waals surface area contributed by atoms with E-state index in [0.717, 1.165) is 17.2 Å². The number of carbonyl (C=O) groups excluding carboxylic acids is 1. The summed E-state index contributed by atoms with van der Waals surface area (Å²) in [5.74, 6) is -0.345.